The van der Waals surface area contributed by atoms with Gasteiger partial charge in [0.25, 0.3) is 0 Å². The molecule has 3 atom stereocenters. The molecule has 0 rings (SSSR count). The molecule has 0 aromatic carbocycles. The quantitative estimate of drug-likeness (QED) is 0.0243. The molecule has 0 radical (unpaired) electrons. The van der Waals surface area contributed by atoms with Crippen molar-refractivity contribution in [1.82, 2.24) is 5.32 Å². The zero-order valence-electron chi connectivity index (χ0n) is 52.9. The van der Waals surface area contributed by atoms with Gasteiger partial charge in [-0.2, -0.15) is 0 Å². The van der Waals surface area contributed by atoms with Crippen molar-refractivity contribution in [3.05, 3.63) is 36.5 Å². The maximum atomic E-state index is 13.0. The molecule has 0 saturated carbocycles. The summed E-state index contributed by atoms with van der Waals surface area (Å²) >= 11 is 0. The second-order valence-electron chi connectivity index (χ2n) is 24.9. The molecule has 8 nitrogen and oxygen atoms in total. The number of hydrogen-bond donors (Lipinski definition) is 3. The van der Waals surface area contributed by atoms with Gasteiger partial charge in [-0.05, 0) is 51.4 Å². The predicted molar refractivity (Wildman–Crippen MR) is 341 cm³/mol. The Hall–Kier alpha value is -1.28. The van der Waals surface area contributed by atoms with Crippen LogP contribution in [0.2, 0.25) is 0 Å². The first-order valence-corrected chi connectivity index (χ1v) is 35.9. The Kier molecular flexibility index (Phi) is 59.3. The molecule has 0 fully saturated rings. The summed E-state index contributed by atoms with van der Waals surface area (Å²) in [6.45, 7) is 4.86. The number of phosphoric acid groups is 1. The van der Waals surface area contributed by atoms with Crippen LogP contribution in [0.5, 0.6) is 0 Å². The molecule has 3 unspecified atom stereocenters. The maximum absolute atomic E-state index is 13.0. The minimum absolute atomic E-state index is 0.0633. The number of phosphoric ester groups is 1. The number of unbranched alkanes of at least 4 members (excludes halogenated alkanes) is 47. The Morgan fingerprint density at radius 1 is 0.436 bits per heavy atom. The van der Waals surface area contributed by atoms with E-state index in [-0.39, 0.29) is 19.1 Å². The zero-order chi connectivity index (χ0) is 57.0. The van der Waals surface area contributed by atoms with Gasteiger partial charge in [-0.25, -0.2) is 4.57 Å². The average Bonchev–Trinajstić information content (AvgIpc) is 3.41. The van der Waals surface area contributed by atoms with Gasteiger partial charge in [-0.3, -0.25) is 13.8 Å². The van der Waals surface area contributed by atoms with Crippen LogP contribution in [0, 0.1) is 0 Å². The SMILES string of the molecule is CCCCCCC/C=C\C/C=C\CCCCCCCCCCCCCCCCCCCC(=O)NC(COP(=O)(O)OCC[N+](C)(C)C)C(O)/C=C/CCCCCCCCCCCCCCCCCCCCCCCCCCC. The van der Waals surface area contributed by atoms with Crippen molar-refractivity contribution >= 4 is 13.7 Å². The van der Waals surface area contributed by atoms with Crippen LogP contribution < -0.4 is 5.32 Å². The molecule has 0 aliphatic carbocycles. The van der Waals surface area contributed by atoms with Gasteiger partial charge in [0.15, 0.2) is 0 Å². The zero-order valence-corrected chi connectivity index (χ0v) is 53.8. The minimum Gasteiger partial charge on any atom is -0.387 e. The third-order valence-corrected chi connectivity index (χ3v) is 16.8. The van der Waals surface area contributed by atoms with E-state index in [0.717, 1.165) is 38.5 Å². The molecule has 78 heavy (non-hydrogen) atoms. The number of nitrogens with one attached hydrogen (secondary N) is 1. The van der Waals surface area contributed by atoms with Gasteiger partial charge in [0, 0.05) is 6.42 Å². The minimum atomic E-state index is -4.35. The summed E-state index contributed by atoms with van der Waals surface area (Å²) in [5.41, 5.74) is 0. The first-order valence-electron chi connectivity index (χ1n) is 34.4. The second-order valence-corrected chi connectivity index (χ2v) is 26.4. The average molecular weight is 1120 g/mol. The lowest BCUT2D eigenvalue weighted by Gasteiger charge is -2.25. The van der Waals surface area contributed by atoms with Crippen LogP contribution in [0.1, 0.15) is 348 Å². The van der Waals surface area contributed by atoms with Crippen molar-refractivity contribution in [3.8, 4) is 0 Å². The largest absolute Gasteiger partial charge is 0.472 e. The van der Waals surface area contributed by atoms with E-state index in [2.05, 4.69) is 43.5 Å². The smallest absolute Gasteiger partial charge is 0.387 e. The van der Waals surface area contributed by atoms with Crippen molar-refractivity contribution in [2.24, 2.45) is 0 Å². The molecule has 0 heterocycles. The van der Waals surface area contributed by atoms with Crippen molar-refractivity contribution in [3.63, 3.8) is 0 Å². The van der Waals surface area contributed by atoms with Crippen molar-refractivity contribution in [2.75, 3.05) is 40.9 Å². The molecule has 0 aromatic heterocycles. The summed E-state index contributed by atoms with van der Waals surface area (Å²) in [4.78, 5) is 23.4. The van der Waals surface area contributed by atoms with Crippen LogP contribution in [0.15, 0.2) is 36.5 Å². The highest BCUT2D eigenvalue weighted by Crippen LogP contribution is 2.43. The van der Waals surface area contributed by atoms with Gasteiger partial charge < -0.3 is 19.8 Å². The van der Waals surface area contributed by atoms with E-state index >= 15 is 0 Å². The number of allylic oxidation sites excluding steroid dienone is 5. The predicted octanol–water partition coefficient (Wildman–Crippen LogP) is 21.7. The number of nitrogens with zero attached hydrogens (tertiary/aromatic N) is 1. The van der Waals surface area contributed by atoms with Crippen molar-refractivity contribution in [1.29, 1.82) is 0 Å². The number of aliphatic hydroxyl groups excluding tert-OH is 1. The lowest BCUT2D eigenvalue weighted by molar-refractivity contribution is -0.870. The van der Waals surface area contributed by atoms with Crippen LogP contribution in [0.25, 0.3) is 0 Å². The molecule has 9 heteroatoms. The van der Waals surface area contributed by atoms with E-state index in [1.54, 1.807) is 6.08 Å². The Morgan fingerprint density at radius 3 is 1.05 bits per heavy atom. The number of quaternary nitrogens is 1. The number of carbonyl (C=O) groups excluding carboxylic acids is 1. The Bertz CT molecular complexity index is 1360. The number of hydrogen-bond acceptors (Lipinski definition) is 5. The van der Waals surface area contributed by atoms with Crippen molar-refractivity contribution in [2.45, 2.75) is 360 Å². The number of carbonyl (C=O) groups is 1. The normalized spacial score (nSPS) is 13.9. The Balaban J connectivity index is 4.07. The first kappa shape index (κ1) is 76.7. The number of aliphatic hydroxyl groups is 1. The van der Waals surface area contributed by atoms with Crippen molar-refractivity contribution < 1.29 is 32.9 Å². The molecule has 0 bridgehead atoms. The second kappa shape index (κ2) is 60.3. The topological polar surface area (TPSA) is 105 Å². The summed E-state index contributed by atoms with van der Waals surface area (Å²) < 4.78 is 23.8. The Labute approximate surface area is 487 Å². The van der Waals surface area contributed by atoms with E-state index in [4.69, 9.17) is 9.05 Å². The van der Waals surface area contributed by atoms with E-state index < -0.39 is 20.0 Å². The van der Waals surface area contributed by atoms with Gasteiger partial charge >= 0.3 is 7.82 Å². The highest BCUT2D eigenvalue weighted by Gasteiger charge is 2.28. The van der Waals surface area contributed by atoms with Gasteiger partial charge in [0.05, 0.1) is 39.9 Å². The van der Waals surface area contributed by atoms with Crippen LogP contribution in [0.3, 0.4) is 0 Å². The molecule has 0 saturated heterocycles. The maximum Gasteiger partial charge on any atom is 0.472 e. The number of rotatable bonds is 64. The number of amides is 1. The number of likely N-dealkylation sites (N-methyl/N-ethyl adjacent to an activating group) is 1. The monoisotopic (exact) mass is 1120 g/mol. The molecule has 1 amide bonds. The highest BCUT2D eigenvalue weighted by atomic mass is 31.2. The van der Waals surface area contributed by atoms with Crippen LogP contribution in [-0.2, 0) is 18.4 Å². The van der Waals surface area contributed by atoms with E-state index in [0.29, 0.717) is 17.4 Å². The van der Waals surface area contributed by atoms with Crippen LogP contribution >= 0.6 is 7.82 Å². The van der Waals surface area contributed by atoms with Gasteiger partial charge in [-0.15, -0.1) is 0 Å². The third-order valence-electron chi connectivity index (χ3n) is 15.9. The third kappa shape index (κ3) is 62.3. The van der Waals surface area contributed by atoms with Gasteiger partial charge in [0.2, 0.25) is 5.91 Å². The summed E-state index contributed by atoms with van der Waals surface area (Å²) in [7, 11) is 1.59. The molecular formula is C69H136N2O6P+. The summed E-state index contributed by atoms with van der Waals surface area (Å²) in [6.07, 6.45) is 80.0. The standard InChI is InChI=1S/C69H135N2O6P/c1-6-8-10-12-14-16-18-20-22-24-26-28-30-32-34-35-37-39-41-43-45-47-49-51-53-55-57-59-61-63-69(73)70-67(66-77-78(74,75)76-65-64-71(3,4)5)68(72)62-60-58-56-54-52-50-48-46-44-42-40-38-36-33-31-29-27-25-23-21-19-17-15-13-11-9-7-2/h18,20,24,26,60,62,67-68,72H,6-17,19,21-23,25,27-59,61,63-66H2,1-5H3,(H-,70,73,74,75)/p+1/b20-18-,26-24-,62-60+. The van der Waals surface area contributed by atoms with E-state index in [1.165, 1.54) is 289 Å². The molecular weight excluding hydrogens is 984 g/mol. The highest BCUT2D eigenvalue weighted by molar-refractivity contribution is 7.47. The molecule has 3 N–H and O–H groups in total. The van der Waals surface area contributed by atoms with Crippen LogP contribution in [-0.4, -0.2) is 73.4 Å². The molecule has 0 aromatic rings. The molecule has 0 aliphatic rings. The fraction of sp³-hybridized carbons (Fsp3) is 0.899. The van der Waals surface area contributed by atoms with E-state index in [9.17, 15) is 19.4 Å². The van der Waals surface area contributed by atoms with E-state index in [1.807, 2.05) is 27.2 Å². The fourth-order valence-electron chi connectivity index (χ4n) is 10.5. The lowest BCUT2D eigenvalue weighted by Crippen LogP contribution is -2.45. The fourth-order valence-corrected chi connectivity index (χ4v) is 11.2. The summed E-state index contributed by atoms with van der Waals surface area (Å²) in [5, 5.41) is 14.0. The summed E-state index contributed by atoms with van der Waals surface area (Å²) in [5.74, 6) is -0.170. The molecule has 0 aliphatic heterocycles. The summed E-state index contributed by atoms with van der Waals surface area (Å²) in [6, 6.07) is -0.847. The molecule has 0 spiro atoms. The molecule has 462 valence electrons. The van der Waals surface area contributed by atoms with Gasteiger partial charge in [-0.1, -0.05) is 326 Å². The van der Waals surface area contributed by atoms with Crippen LogP contribution in [0.4, 0.5) is 0 Å². The Morgan fingerprint density at radius 2 is 0.731 bits per heavy atom. The van der Waals surface area contributed by atoms with Gasteiger partial charge in [0.1, 0.15) is 13.2 Å². The lowest BCUT2D eigenvalue weighted by atomic mass is 10.0. The first-order chi connectivity index (χ1) is 38.0.